The van der Waals surface area contributed by atoms with Gasteiger partial charge in [0, 0.05) is 30.4 Å². The molecule has 2 atom stereocenters. The van der Waals surface area contributed by atoms with Crippen molar-refractivity contribution in [3.05, 3.63) is 33.9 Å². The molecular formula is C15H23N3O2. The van der Waals surface area contributed by atoms with Crippen LogP contribution in [0.25, 0.3) is 0 Å². The van der Waals surface area contributed by atoms with Crippen LogP contribution in [0.2, 0.25) is 0 Å². The minimum Gasteiger partial charge on any atom is -0.368 e. The van der Waals surface area contributed by atoms with Crippen molar-refractivity contribution in [2.75, 3.05) is 18.0 Å². The Labute approximate surface area is 119 Å². The van der Waals surface area contributed by atoms with Crippen LogP contribution in [0, 0.1) is 23.0 Å². The molecule has 0 radical (unpaired) electrons. The van der Waals surface area contributed by atoms with Crippen molar-refractivity contribution >= 4 is 11.4 Å². The molecule has 1 saturated carbocycles. The average Bonchev–Trinajstić information content (AvgIpc) is 2.89. The summed E-state index contributed by atoms with van der Waals surface area (Å²) in [7, 11) is 0. The summed E-state index contributed by atoms with van der Waals surface area (Å²) in [5.41, 5.74) is 8.10. The Balaban J connectivity index is 2.35. The number of nitrogens with two attached hydrogens (primary N) is 1. The summed E-state index contributed by atoms with van der Waals surface area (Å²) in [6, 6.07) is 5.51. The van der Waals surface area contributed by atoms with Crippen molar-refractivity contribution in [2.45, 2.75) is 39.2 Å². The number of benzene rings is 1. The first-order valence-electron chi connectivity index (χ1n) is 7.30. The average molecular weight is 277 g/mol. The molecule has 0 aromatic heterocycles. The molecule has 0 aliphatic heterocycles. The second kappa shape index (κ2) is 6.22. The molecule has 20 heavy (non-hydrogen) atoms. The number of hydrogen-bond donors (Lipinski definition) is 1. The van der Waals surface area contributed by atoms with E-state index in [0.717, 1.165) is 30.6 Å². The van der Waals surface area contributed by atoms with Gasteiger partial charge in [0.05, 0.1) is 4.92 Å². The van der Waals surface area contributed by atoms with Crippen LogP contribution in [-0.4, -0.2) is 24.1 Å². The molecule has 110 valence electrons. The predicted molar refractivity (Wildman–Crippen MR) is 81.0 cm³/mol. The van der Waals surface area contributed by atoms with Gasteiger partial charge in [0.1, 0.15) is 0 Å². The third-order valence-corrected chi connectivity index (χ3v) is 4.38. The summed E-state index contributed by atoms with van der Waals surface area (Å²) in [5.74, 6) is 0.494. The third-order valence-electron chi connectivity index (χ3n) is 4.38. The van der Waals surface area contributed by atoms with E-state index < -0.39 is 0 Å². The lowest BCUT2D eigenvalue weighted by Crippen LogP contribution is -2.40. The number of nitro groups is 1. The van der Waals surface area contributed by atoms with E-state index in [2.05, 4.69) is 11.8 Å². The van der Waals surface area contributed by atoms with E-state index in [1.165, 1.54) is 6.42 Å². The van der Waals surface area contributed by atoms with Crippen LogP contribution in [0.1, 0.15) is 31.7 Å². The Morgan fingerprint density at radius 1 is 1.45 bits per heavy atom. The minimum atomic E-state index is -0.328. The van der Waals surface area contributed by atoms with Gasteiger partial charge >= 0.3 is 0 Å². The van der Waals surface area contributed by atoms with E-state index in [0.29, 0.717) is 18.5 Å². The van der Waals surface area contributed by atoms with Gasteiger partial charge in [-0.05, 0) is 44.7 Å². The molecule has 1 aliphatic carbocycles. The van der Waals surface area contributed by atoms with Gasteiger partial charge in [-0.2, -0.15) is 0 Å². The van der Waals surface area contributed by atoms with Gasteiger partial charge in [0.15, 0.2) is 0 Å². The summed E-state index contributed by atoms with van der Waals surface area (Å²) in [6.07, 6.45) is 3.47. The zero-order valence-electron chi connectivity index (χ0n) is 12.2. The third kappa shape index (κ3) is 2.77. The maximum atomic E-state index is 11.0. The fraction of sp³-hybridized carbons (Fsp3) is 0.600. The molecule has 1 aromatic carbocycles. The Kier molecular flexibility index (Phi) is 4.60. The first-order chi connectivity index (χ1) is 9.58. The number of nitrogens with zero attached hydrogens (tertiary/aromatic N) is 2. The maximum absolute atomic E-state index is 11.0. The molecule has 1 aromatic rings. The van der Waals surface area contributed by atoms with E-state index in [-0.39, 0.29) is 10.6 Å². The molecule has 0 amide bonds. The van der Waals surface area contributed by atoms with Crippen LogP contribution < -0.4 is 10.6 Å². The summed E-state index contributed by atoms with van der Waals surface area (Å²) >= 11 is 0. The summed E-state index contributed by atoms with van der Waals surface area (Å²) in [5, 5.41) is 11.0. The maximum Gasteiger partial charge on any atom is 0.271 e. The van der Waals surface area contributed by atoms with Gasteiger partial charge in [-0.3, -0.25) is 10.1 Å². The van der Waals surface area contributed by atoms with Crippen molar-refractivity contribution in [1.82, 2.24) is 0 Å². The summed E-state index contributed by atoms with van der Waals surface area (Å²) in [4.78, 5) is 13.0. The standard InChI is InChI=1S/C15H23N3O2/c1-3-17(14-6-4-5-12(14)10-16)15-9-13(18(19)20)8-7-11(15)2/h7-9,12,14H,3-6,10,16H2,1-2H3. The molecule has 0 heterocycles. The topological polar surface area (TPSA) is 72.4 Å². The second-order valence-electron chi connectivity index (χ2n) is 5.51. The highest BCUT2D eigenvalue weighted by molar-refractivity contribution is 5.59. The largest absolute Gasteiger partial charge is 0.368 e. The number of anilines is 1. The summed E-state index contributed by atoms with van der Waals surface area (Å²) < 4.78 is 0. The minimum absolute atomic E-state index is 0.159. The van der Waals surface area contributed by atoms with E-state index in [1.807, 2.05) is 13.0 Å². The Morgan fingerprint density at radius 2 is 2.20 bits per heavy atom. The first kappa shape index (κ1) is 14.8. The highest BCUT2D eigenvalue weighted by Gasteiger charge is 2.31. The number of aryl methyl sites for hydroxylation is 1. The van der Waals surface area contributed by atoms with Crippen LogP contribution in [-0.2, 0) is 0 Å². The molecule has 5 nitrogen and oxygen atoms in total. The van der Waals surface area contributed by atoms with Crippen LogP contribution in [0.3, 0.4) is 0 Å². The molecule has 1 fully saturated rings. The molecule has 0 saturated heterocycles. The molecule has 1 aliphatic rings. The van der Waals surface area contributed by atoms with Gasteiger partial charge < -0.3 is 10.6 Å². The van der Waals surface area contributed by atoms with Crippen molar-refractivity contribution in [1.29, 1.82) is 0 Å². The van der Waals surface area contributed by atoms with Crippen LogP contribution in [0.5, 0.6) is 0 Å². The van der Waals surface area contributed by atoms with Crippen molar-refractivity contribution in [3.63, 3.8) is 0 Å². The lowest BCUT2D eigenvalue weighted by atomic mass is 10.0. The highest BCUT2D eigenvalue weighted by atomic mass is 16.6. The second-order valence-corrected chi connectivity index (χ2v) is 5.51. The Bertz CT molecular complexity index is 490. The molecule has 2 unspecified atom stereocenters. The molecule has 2 rings (SSSR count). The molecule has 0 bridgehead atoms. The number of rotatable bonds is 5. The monoisotopic (exact) mass is 277 g/mol. The van der Waals surface area contributed by atoms with Crippen LogP contribution >= 0.6 is 0 Å². The van der Waals surface area contributed by atoms with Crippen molar-refractivity contribution in [3.8, 4) is 0 Å². The van der Waals surface area contributed by atoms with Crippen molar-refractivity contribution < 1.29 is 4.92 Å². The molecule has 2 N–H and O–H groups in total. The van der Waals surface area contributed by atoms with E-state index in [1.54, 1.807) is 12.1 Å². The predicted octanol–water partition coefficient (Wildman–Crippen LogP) is 2.86. The van der Waals surface area contributed by atoms with E-state index >= 15 is 0 Å². The highest BCUT2D eigenvalue weighted by Crippen LogP contribution is 2.35. The number of non-ortho nitro benzene ring substituents is 1. The molecule has 0 spiro atoms. The smallest absolute Gasteiger partial charge is 0.271 e. The zero-order valence-corrected chi connectivity index (χ0v) is 12.2. The van der Waals surface area contributed by atoms with E-state index in [4.69, 9.17) is 5.73 Å². The molecular weight excluding hydrogens is 254 g/mol. The van der Waals surface area contributed by atoms with Gasteiger partial charge in [-0.15, -0.1) is 0 Å². The lowest BCUT2D eigenvalue weighted by Gasteiger charge is -2.34. The van der Waals surface area contributed by atoms with Gasteiger partial charge in [0.2, 0.25) is 0 Å². The zero-order chi connectivity index (χ0) is 14.7. The van der Waals surface area contributed by atoms with Crippen LogP contribution in [0.15, 0.2) is 18.2 Å². The normalized spacial score (nSPS) is 21.9. The van der Waals surface area contributed by atoms with Gasteiger partial charge in [-0.1, -0.05) is 12.5 Å². The Hall–Kier alpha value is -1.62. The first-order valence-corrected chi connectivity index (χ1v) is 7.30. The van der Waals surface area contributed by atoms with E-state index in [9.17, 15) is 10.1 Å². The quantitative estimate of drug-likeness (QED) is 0.663. The van der Waals surface area contributed by atoms with Crippen LogP contribution in [0.4, 0.5) is 11.4 Å². The molecule has 5 heteroatoms. The fourth-order valence-electron chi connectivity index (χ4n) is 3.31. The number of hydrogen-bond acceptors (Lipinski definition) is 4. The number of nitro benzene ring substituents is 1. The lowest BCUT2D eigenvalue weighted by molar-refractivity contribution is -0.384. The fourth-order valence-corrected chi connectivity index (χ4v) is 3.31. The van der Waals surface area contributed by atoms with Gasteiger partial charge in [-0.25, -0.2) is 0 Å². The Morgan fingerprint density at radius 3 is 2.80 bits per heavy atom. The van der Waals surface area contributed by atoms with Gasteiger partial charge in [0.25, 0.3) is 5.69 Å². The SMILES string of the molecule is CCN(c1cc([N+](=O)[O-])ccc1C)C1CCCC1CN. The van der Waals surface area contributed by atoms with Crippen molar-refractivity contribution in [2.24, 2.45) is 11.7 Å². The summed E-state index contributed by atoms with van der Waals surface area (Å²) in [6.45, 7) is 5.65.